The smallest absolute Gasteiger partial charge is 0.261 e. The summed E-state index contributed by atoms with van der Waals surface area (Å²) in [6.45, 7) is 4.28. The lowest BCUT2D eigenvalue weighted by molar-refractivity contribution is 0.0816. The molecule has 8 heteroatoms. The van der Waals surface area contributed by atoms with Crippen LogP contribution in [0.25, 0.3) is 5.65 Å². The highest BCUT2D eigenvalue weighted by Crippen LogP contribution is 2.34. The number of hydrogen-bond donors (Lipinski definition) is 1. The predicted octanol–water partition coefficient (Wildman–Crippen LogP) is 2.35. The van der Waals surface area contributed by atoms with Gasteiger partial charge in [0.2, 0.25) is 0 Å². The van der Waals surface area contributed by atoms with E-state index in [2.05, 4.69) is 15.4 Å². The molecule has 0 bridgehead atoms. The van der Waals surface area contributed by atoms with Gasteiger partial charge in [-0.1, -0.05) is 0 Å². The summed E-state index contributed by atoms with van der Waals surface area (Å²) < 4.78 is 7.38. The van der Waals surface area contributed by atoms with Gasteiger partial charge in [0, 0.05) is 31.5 Å². The molecule has 3 aromatic rings. The van der Waals surface area contributed by atoms with Crippen LogP contribution >= 0.6 is 0 Å². The van der Waals surface area contributed by atoms with E-state index in [-0.39, 0.29) is 17.9 Å². The molecule has 4 rings (SSSR count). The number of hydrogen-bond acceptors (Lipinski definition) is 5. The van der Waals surface area contributed by atoms with Crippen LogP contribution < -0.4 is 10.1 Å². The summed E-state index contributed by atoms with van der Waals surface area (Å²) in [5, 5.41) is 7.02. The number of benzene rings is 1. The fourth-order valence-corrected chi connectivity index (χ4v) is 3.11. The largest absolute Gasteiger partial charge is 0.489 e. The van der Waals surface area contributed by atoms with Gasteiger partial charge in [-0.25, -0.2) is 9.50 Å². The molecule has 1 aliphatic rings. The zero-order chi connectivity index (χ0) is 19.1. The number of amides is 2. The van der Waals surface area contributed by atoms with Gasteiger partial charge in [0.25, 0.3) is 11.8 Å². The van der Waals surface area contributed by atoms with Crippen LogP contribution in [-0.4, -0.2) is 44.5 Å². The van der Waals surface area contributed by atoms with Gasteiger partial charge in [0.15, 0.2) is 5.65 Å². The number of nitrogens with one attached hydrogen (secondary N) is 1. The lowest BCUT2D eigenvalue weighted by atomic mass is 10.1. The molecule has 138 valence electrons. The Kier molecular flexibility index (Phi) is 4.02. The molecule has 0 radical (unpaired) electrons. The summed E-state index contributed by atoms with van der Waals surface area (Å²) in [6.07, 6.45) is 4.71. The van der Waals surface area contributed by atoms with E-state index in [1.54, 1.807) is 42.5 Å². The third kappa shape index (κ3) is 2.99. The zero-order valence-corrected chi connectivity index (χ0v) is 15.3. The summed E-state index contributed by atoms with van der Waals surface area (Å²) in [7, 11) is 1.74. The Labute approximate surface area is 155 Å². The van der Waals surface area contributed by atoms with Crippen molar-refractivity contribution < 1.29 is 14.3 Å². The highest BCUT2D eigenvalue weighted by molar-refractivity contribution is 6.09. The van der Waals surface area contributed by atoms with E-state index in [4.69, 9.17) is 4.74 Å². The first-order valence-electron chi connectivity index (χ1n) is 8.63. The van der Waals surface area contributed by atoms with Crippen LogP contribution in [-0.2, 0) is 6.54 Å². The van der Waals surface area contributed by atoms with Gasteiger partial charge in [0.05, 0.1) is 18.0 Å². The third-order valence-electron chi connectivity index (χ3n) is 4.32. The van der Waals surface area contributed by atoms with Crippen LogP contribution in [0.5, 0.6) is 5.75 Å². The predicted molar refractivity (Wildman–Crippen MR) is 98.9 cm³/mol. The van der Waals surface area contributed by atoms with Crippen LogP contribution in [0.1, 0.15) is 40.1 Å². The van der Waals surface area contributed by atoms with Crippen LogP contribution in [0.4, 0.5) is 5.69 Å². The molecular formula is C19H19N5O3. The van der Waals surface area contributed by atoms with Crippen molar-refractivity contribution in [3.05, 3.63) is 53.5 Å². The van der Waals surface area contributed by atoms with Gasteiger partial charge < -0.3 is 15.0 Å². The molecule has 1 aliphatic heterocycles. The minimum Gasteiger partial charge on any atom is -0.489 e. The summed E-state index contributed by atoms with van der Waals surface area (Å²) in [6, 6.07) is 5.24. The van der Waals surface area contributed by atoms with Crippen molar-refractivity contribution >= 4 is 23.1 Å². The SMILES string of the molecule is CC(C)Oc1cc2c(cc1NC(=O)c1cnn3cccnc13)CN(C)C2=O. The van der Waals surface area contributed by atoms with E-state index in [0.29, 0.717) is 34.8 Å². The van der Waals surface area contributed by atoms with Crippen molar-refractivity contribution in [2.75, 3.05) is 12.4 Å². The average molecular weight is 365 g/mol. The molecule has 3 heterocycles. The Balaban J connectivity index is 1.71. The molecule has 27 heavy (non-hydrogen) atoms. The van der Waals surface area contributed by atoms with Crippen LogP contribution in [0.3, 0.4) is 0 Å². The topological polar surface area (TPSA) is 88.8 Å². The minimum atomic E-state index is -0.338. The number of fused-ring (bicyclic) bond motifs is 2. The van der Waals surface area contributed by atoms with Crippen LogP contribution in [0, 0.1) is 0 Å². The number of rotatable bonds is 4. The van der Waals surface area contributed by atoms with Crippen molar-refractivity contribution in [1.29, 1.82) is 0 Å². The van der Waals surface area contributed by atoms with E-state index in [1.165, 1.54) is 10.7 Å². The second kappa shape index (κ2) is 6.39. The van der Waals surface area contributed by atoms with Gasteiger partial charge in [-0.3, -0.25) is 9.59 Å². The molecule has 0 atom stereocenters. The molecule has 1 aromatic carbocycles. The number of carbonyl (C=O) groups excluding carboxylic acids is 2. The monoisotopic (exact) mass is 365 g/mol. The first-order chi connectivity index (χ1) is 12.9. The van der Waals surface area contributed by atoms with Gasteiger partial charge in [-0.05, 0) is 37.6 Å². The van der Waals surface area contributed by atoms with Gasteiger partial charge in [-0.15, -0.1) is 0 Å². The molecule has 0 saturated carbocycles. The quantitative estimate of drug-likeness (QED) is 0.767. The zero-order valence-electron chi connectivity index (χ0n) is 15.3. The number of nitrogens with zero attached hydrogens (tertiary/aromatic N) is 4. The van der Waals surface area contributed by atoms with Crippen molar-refractivity contribution in [1.82, 2.24) is 19.5 Å². The normalized spacial score (nSPS) is 13.3. The van der Waals surface area contributed by atoms with Crippen molar-refractivity contribution in [3.63, 3.8) is 0 Å². The van der Waals surface area contributed by atoms with E-state index in [9.17, 15) is 9.59 Å². The highest BCUT2D eigenvalue weighted by Gasteiger charge is 2.27. The molecule has 0 spiro atoms. The molecule has 8 nitrogen and oxygen atoms in total. The lowest BCUT2D eigenvalue weighted by Gasteiger charge is -2.16. The first kappa shape index (κ1) is 17.0. The minimum absolute atomic E-state index is 0.0525. The van der Waals surface area contributed by atoms with Crippen LogP contribution in [0.2, 0.25) is 0 Å². The number of aromatic nitrogens is 3. The average Bonchev–Trinajstić information content (AvgIpc) is 3.17. The number of ether oxygens (including phenoxy) is 1. The van der Waals surface area contributed by atoms with Crippen LogP contribution in [0.15, 0.2) is 36.8 Å². The van der Waals surface area contributed by atoms with E-state index in [0.717, 1.165) is 5.56 Å². The van der Waals surface area contributed by atoms with Gasteiger partial charge >= 0.3 is 0 Å². The Morgan fingerprint density at radius 1 is 1.33 bits per heavy atom. The number of anilines is 1. The fourth-order valence-electron chi connectivity index (χ4n) is 3.11. The maximum absolute atomic E-state index is 12.8. The first-order valence-corrected chi connectivity index (χ1v) is 8.63. The summed E-state index contributed by atoms with van der Waals surface area (Å²) in [5.41, 5.74) is 2.80. The van der Waals surface area contributed by atoms with Crippen molar-refractivity contribution in [2.45, 2.75) is 26.5 Å². The molecule has 0 fully saturated rings. The summed E-state index contributed by atoms with van der Waals surface area (Å²) in [5.74, 6) is 0.0726. The maximum Gasteiger partial charge on any atom is 0.261 e. The molecular weight excluding hydrogens is 346 g/mol. The lowest BCUT2D eigenvalue weighted by Crippen LogP contribution is -2.17. The molecule has 2 aromatic heterocycles. The summed E-state index contributed by atoms with van der Waals surface area (Å²) in [4.78, 5) is 30.9. The second-order valence-electron chi connectivity index (χ2n) is 6.73. The van der Waals surface area contributed by atoms with E-state index in [1.807, 2.05) is 13.8 Å². The Hall–Kier alpha value is -3.42. The Morgan fingerprint density at radius 3 is 2.93 bits per heavy atom. The van der Waals surface area contributed by atoms with Crippen molar-refractivity contribution in [2.24, 2.45) is 0 Å². The molecule has 0 aliphatic carbocycles. The van der Waals surface area contributed by atoms with Crippen molar-refractivity contribution in [3.8, 4) is 5.75 Å². The highest BCUT2D eigenvalue weighted by atomic mass is 16.5. The fraction of sp³-hybridized carbons (Fsp3) is 0.263. The molecule has 1 N–H and O–H groups in total. The molecule has 0 unspecified atom stereocenters. The van der Waals surface area contributed by atoms with Gasteiger partial charge in [-0.2, -0.15) is 5.10 Å². The molecule has 2 amide bonds. The Morgan fingerprint density at radius 2 is 2.15 bits per heavy atom. The summed E-state index contributed by atoms with van der Waals surface area (Å²) >= 11 is 0. The molecule has 0 saturated heterocycles. The maximum atomic E-state index is 12.8. The second-order valence-corrected chi connectivity index (χ2v) is 6.73. The number of carbonyl (C=O) groups is 2. The van der Waals surface area contributed by atoms with E-state index < -0.39 is 0 Å². The van der Waals surface area contributed by atoms with E-state index >= 15 is 0 Å². The standard InChI is InChI=1S/C19H19N5O3/c1-11(2)27-16-8-13-12(10-23(3)19(13)26)7-15(16)22-18(25)14-9-21-24-6-4-5-20-17(14)24/h4-9,11H,10H2,1-3H3,(H,22,25). The Bertz CT molecular complexity index is 1060. The third-order valence-corrected chi connectivity index (χ3v) is 4.32. The van der Waals surface area contributed by atoms with Gasteiger partial charge in [0.1, 0.15) is 11.3 Å².